The first-order valence-electron chi connectivity index (χ1n) is 6.93. The van der Waals surface area contributed by atoms with Crippen LogP contribution in [0.15, 0.2) is 0 Å². The largest absolute Gasteiger partial charge is 0.481 e. The van der Waals surface area contributed by atoms with Gasteiger partial charge in [-0.2, -0.15) is 4.98 Å². The van der Waals surface area contributed by atoms with E-state index in [-0.39, 0.29) is 5.91 Å². The molecule has 0 radical (unpaired) electrons. The molecule has 0 bridgehead atoms. The van der Waals surface area contributed by atoms with Crippen LogP contribution in [0.25, 0.3) is 0 Å². The molecule has 2 N–H and O–H groups in total. The molecule has 1 atom stereocenters. The maximum atomic E-state index is 11.1. The number of hydrogen-bond donors (Lipinski definition) is 1. The molecule has 1 aliphatic heterocycles. The number of carbonyl (C=O) groups is 1. The van der Waals surface area contributed by atoms with Crippen molar-refractivity contribution in [3.05, 3.63) is 11.4 Å². The van der Waals surface area contributed by atoms with Gasteiger partial charge < -0.3 is 15.4 Å². The molecule has 6 heteroatoms. The van der Waals surface area contributed by atoms with E-state index in [0.717, 1.165) is 37.3 Å². The molecule has 6 nitrogen and oxygen atoms in total. The van der Waals surface area contributed by atoms with E-state index >= 15 is 0 Å². The maximum Gasteiger partial charge on any atom is 0.221 e. The number of primary amides is 1. The quantitative estimate of drug-likeness (QED) is 0.894. The molecule has 2 rings (SSSR count). The first kappa shape index (κ1) is 14.6. The van der Waals surface area contributed by atoms with Crippen molar-refractivity contribution >= 4 is 11.7 Å². The number of anilines is 1. The minimum atomic E-state index is -0.231. The van der Waals surface area contributed by atoms with Crippen LogP contribution in [0.3, 0.4) is 0 Å². The molecule has 0 aliphatic carbocycles. The number of aryl methyl sites for hydroxylation is 1. The van der Waals surface area contributed by atoms with Crippen molar-refractivity contribution < 1.29 is 9.53 Å². The highest BCUT2D eigenvalue weighted by molar-refractivity contribution is 5.74. The molecule has 1 fully saturated rings. The van der Waals surface area contributed by atoms with Crippen molar-refractivity contribution in [2.75, 3.05) is 25.1 Å². The van der Waals surface area contributed by atoms with Crippen molar-refractivity contribution in [2.45, 2.75) is 33.1 Å². The van der Waals surface area contributed by atoms with Crippen LogP contribution in [-0.4, -0.2) is 36.1 Å². The Morgan fingerprint density at radius 3 is 2.85 bits per heavy atom. The Labute approximate surface area is 119 Å². The van der Waals surface area contributed by atoms with Crippen molar-refractivity contribution in [2.24, 2.45) is 11.7 Å². The molecule has 2 heterocycles. The lowest BCUT2D eigenvalue weighted by atomic mass is 9.94. The van der Waals surface area contributed by atoms with Gasteiger partial charge in [-0.3, -0.25) is 4.79 Å². The Morgan fingerprint density at radius 1 is 1.45 bits per heavy atom. The summed E-state index contributed by atoms with van der Waals surface area (Å²) in [7, 11) is 1.62. The molecule has 1 unspecified atom stereocenters. The fourth-order valence-electron chi connectivity index (χ4n) is 2.80. The molecular formula is C14H22N4O2. The van der Waals surface area contributed by atoms with Gasteiger partial charge >= 0.3 is 0 Å². The van der Waals surface area contributed by atoms with Gasteiger partial charge in [-0.15, -0.1) is 0 Å². The Kier molecular flexibility index (Phi) is 4.42. The van der Waals surface area contributed by atoms with Gasteiger partial charge in [0, 0.05) is 19.5 Å². The predicted molar refractivity (Wildman–Crippen MR) is 76.8 cm³/mol. The van der Waals surface area contributed by atoms with Crippen molar-refractivity contribution in [1.82, 2.24) is 9.97 Å². The van der Waals surface area contributed by atoms with Crippen LogP contribution in [0.1, 0.15) is 30.7 Å². The van der Waals surface area contributed by atoms with Gasteiger partial charge in [-0.05, 0) is 32.6 Å². The van der Waals surface area contributed by atoms with Gasteiger partial charge in [-0.1, -0.05) is 0 Å². The zero-order valence-corrected chi connectivity index (χ0v) is 12.3. The van der Waals surface area contributed by atoms with Crippen LogP contribution in [0.2, 0.25) is 0 Å². The Hall–Kier alpha value is -1.85. The minimum absolute atomic E-state index is 0.231. The molecule has 0 aromatic carbocycles. The summed E-state index contributed by atoms with van der Waals surface area (Å²) in [6.45, 7) is 5.57. The van der Waals surface area contributed by atoms with Crippen molar-refractivity contribution in [1.29, 1.82) is 0 Å². The third-order valence-electron chi connectivity index (χ3n) is 3.69. The molecule has 1 saturated heterocycles. The number of carbonyl (C=O) groups excluding carboxylic acids is 1. The molecule has 0 saturated carbocycles. The fraction of sp³-hybridized carbons (Fsp3) is 0.643. The van der Waals surface area contributed by atoms with Gasteiger partial charge in [0.05, 0.1) is 12.7 Å². The Balaban J connectivity index is 2.22. The third-order valence-corrected chi connectivity index (χ3v) is 3.69. The summed E-state index contributed by atoms with van der Waals surface area (Å²) >= 11 is 0. The normalized spacial score (nSPS) is 18.9. The summed E-state index contributed by atoms with van der Waals surface area (Å²) in [6.07, 6.45) is 2.53. The van der Waals surface area contributed by atoms with E-state index in [2.05, 4.69) is 14.9 Å². The molecule has 1 aromatic rings. The summed E-state index contributed by atoms with van der Waals surface area (Å²) in [4.78, 5) is 22.1. The number of ether oxygens (including phenoxy) is 1. The summed E-state index contributed by atoms with van der Waals surface area (Å²) in [6, 6.07) is 0. The predicted octanol–water partition coefficient (Wildman–Crippen LogP) is 1.19. The molecule has 1 amide bonds. The van der Waals surface area contributed by atoms with Crippen molar-refractivity contribution in [3.8, 4) is 5.88 Å². The summed E-state index contributed by atoms with van der Waals surface area (Å²) in [5.74, 6) is 2.29. The number of rotatable bonds is 4. The maximum absolute atomic E-state index is 11.1. The zero-order chi connectivity index (χ0) is 14.7. The minimum Gasteiger partial charge on any atom is -0.481 e. The van der Waals surface area contributed by atoms with E-state index in [0.29, 0.717) is 24.0 Å². The first-order valence-corrected chi connectivity index (χ1v) is 6.93. The van der Waals surface area contributed by atoms with Gasteiger partial charge in [0.2, 0.25) is 11.8 Å². The summed E-state index contributed by atoms with van der Waals surface area (Å²) in [5.41, 5.74) is 6.25. The van der Waals surface area contributed by atoms with E-state index in [1.54, 1.807) is 7.11 Å². The topological polar surface area (TPSA) is 81.3 Å². The average molecular weight is 278 g/mol. The van der Waals surface area contributed by atoms with Gasteiger partial charge in [0.1, 0.15) is 11.6 Å². The number of aromatic nitrogens is 2. The second-order valence-electron chi connectivity index (χ2n) is 5.35. The smallest absolute Gasteiger partial charge is 0.221 e. The number of piperidine rings is 1. The van der Waals surface area contributed by atoms with Crippen LogP contribution >= 0.6 is 0 Å². The van der Waals surface area contributed by atoms with E-state index in [1.807, 2.05) is 13.8 Å². The summed E-state index contributed by atoms with van der Waals surface area (Å²) in [5, 5.41) is 0. The number of hydrogen-bond acceptors (Lipinski definition) is 5. The number of nitrogens with zero attached hydrogens (tertiary/aromatic N) is 3. The molecule has 1 aliphatic rings. The van der Waals surface area contributed by atoms with E-state index < -0.39 is 0 Å². The number of nitrogens with two attached hydrogens (primary N) is 1. The fourth-order valence-corrected chi connectivity index (χ4v) is 2.80. The zero-order valence-electron chi connectivity index (χ0n) is 12.3. The van der Waals surface area contributed by atoms with Crippen LogP contribution in [0.5, 0.6) is 5.88 Å². The van der Waals surface area contributed by atoms with Gasteiger partial charge in [0.25, 0.3) is 0 Å². The molecule has 1 aromatic heterocycles. The molecular weight excluding hydrogens is 256 g/mol. The van der Waals surface area contributed by atoms with Crippen LogP contribution < -0.4 is 15.4 Å². The summed E-state index contributed by atoms with van der Waals surface area (Å²) < 4.78 is 5.30. The highest BCUT2D eigenvalue weighted by Gasteiger charge is 2.24. The van der Waals surface area contributed by atoms with Crippen LogP contribution in [0, 0.1) is 19.8 Å². The third kappa shape index (κ3) is 3.18. The molecule has 20 heavy (non-hydrogen) atoms. The second kappa shape index (κ2) is 6.07. The highest BCUT2D eigenvalue weighted by Crippen LogP contribution is 2.29. The average Bonchev–Trinajstić information content (AvgIpc) is 2.40. The van der Waals surface area contributed by atoms with E-state index in [4.69, 9.17) is 10.5 Å². The number of methoxy groups -OCH3 is 1. The van der Waals surface area contributed by atoms with Crippen molar-refractivity contribution in [3.63, 3.8) is 0 Å². The Bertz CT molecular complexity index is 504. The second-order valence-corrected chi connectivity index (χ2v) is 5.35. The lowest BCUT2D eigenvalue weighted by Crippen LogP contribution is -2.38. The lowest BCUT2D eigenvalue weighted by Gasteiger charge is -2.34. The van der Waals surface area contributed by atoms with E-state index in [9.17, 15) is 4.79 Å². The van der Waals surface area contributed by atoms with Crippen LogP contribution in [-0.2, 0) is 4.79 Å². The molecule has 110 valence electrons. The monoisotopic (exact) mass is 278 g/mol. The number of amides is 1. The van der Waals surface area contributed by atoms with Crippen LogP contribution in [0.4, 0.5) is 5.82 Å². The van der Waals surface area contributed by atoms with E-state index in [1.165, 1.54) is 0 Å². The van der Waals surface area contributed by atoms with Gasteiger partial charge in [-0.25, -0.2) is 4.98 Å². The standard InChI is InChI=1S/C14H22N4O2/c1-9-13(16-10(2)17-14(9)20-3)18-6-4-5-11(8-18)7-12(15)19/h11H,4-8H2,1-3H3,(H2,15,19). The highest BCUT2D eigenvalue weighted by atomic mass is 16.5. The molecule has 0 spiro atoms. The SMILES string of the molecule is COc1nc(C)nc(N2CCCC(CC(N)=O)C2)c1C. The van der Waals surface area contributed by atoms with Gasteiger partial charge in [0.15, 0.2) is 0 Å². The first-order chi connectivity index (χ1) is 9.51. The lowest BCUT2D eigenvalue weighted by molar-refractivity contribution is -0.118. The Morgan fingerprint density at radius 2 is 2.20 bits per heavy atom.